The summed E-state index contributed by atoms with van der Waals surface area (Å²) in [4.78, 5) is 3.47. The number of thioether (sulfide) groups is 1. The van der Waals surface area contributed by atoms with Crippen molar-refractivity contribution in [1.29, 1.82) is 5.41 Å². The molecule has 0 amide bonds. The summed E-state index contributed by atoms with van der Waals surface area (Å²) in [5.74, 6) is 0. The molecule has 2 N–H and O–H groups in total. The van der Waals surface area contributed by atoms with Gasteiger partial charge in [0, 0.05) is 47.4 Å². The number of benzene rings is 1. The lowest BCUT2D eigenvalue weighted by Gasteiger charge is -2.38. The van der Waals surface area contributed by atoms with Gasteiger partial charge in [0.15, 0.2) is 0 Å². The largest absolute Gasteiger partial charge is 0.380 e. The van der Waals surface area contributed by atoms with Crippen molar-refractivity contribution < 1.29 is 0 Å². The van der Waals surface area contributed by atoms with Crippen LogP contribution in [0.15, 0.2) is 23.1 Å². The summed E-state index contributed by atoms with van der Waals surface area (Å²) in [6.07, 6.45) is 3.00. The van der Waals surface area contributed by atoms with Gasteiger partial charge in [0.25, 0.3) is 0 Å². The Kier molecular flexibility index (Phi) is 2.98. The van der Waals surface area contributed by atoms with E-state index in [9.17, 15) is 0 Å². The van der Waals surface area contributed by atoms with E-state index in [4.69, 9.17) is 5.41 Å². The third-order valence-electron chi connectivity index (χ3n) is 3.75. The third-order valence-corrected chi connectivity index (χ3v) is 5.14. The second-order valence-corrected chi connectivity index (χ2v) is 6.61. The molecule has 96 valence electrons. The Morgan fingerprint density at radius 1 is 1.39 bits per heavy atom. The van der Waals surface area contributed by atoms with Crippen molar-refractivity contribution in [3.63, 3.8) is 0 Å². The summed E-state index contributed by atoms with van der Waals surface area (Å²) in [6, 6.07) is 7.15. The number of rotatable bonds is 1. The number of nitrogens with zero attached hydrogens (tertiary/aromatic N) is 1. The summed E-state index contributed by atoms with van der Waals surface area (Å²) < 4.78 is 0. The minimum Gasteiger partial charge on any atom is -0.380 e. The van der Waals surface area contributed by atoms with E-state index in [-0.39, 0.29) is 0 Å². The predicted octanol–water partition coefficient (Wildman–Crippen LogP) is 3.21. The molecule has 2 atom stereocenters. The Hall–Kier alpha value is -1.16. The molecular weight excluding hydrogens is 242 g/mol. The lowest BCUT2D eigenvalue weighted by atomic mass is 9.92. The zero-order chi connectivity index (χ0) is 12.7. The molecule has 1 saturated carbocycles. The normalized spacial score (nSPS) is 26.0. The fraction of sp³-hybridized carbons (Fsp3) is 0.500. The van der Waals surface area contributed by atoms with Crippen molar-refractivity contribution in [3.05, 3.63) is 18.2 Å². The van der Waals surface area contributed by atoms with E-state index < -0.39 is 0 Å². The first-order chi connectivity index (χ1) is 8.63. The van der Waals surface area contributed by atoms with Crippen molar-refractivity contribution in [3.8, 4) is 0 Å². The summed E-state index contributed by atoms with van der Waals surface area (Å²) in [6.45, 7) is 0. The molecule has 4 heteroatoms. The number of hydrogen-bond donors (Lipinski definition) is 2. The van der Waals surface area contributed by atoms with E-state index in [1.807, 2.05) is 11.8 Å². The van der Waals surface area contributed by atoms with Gasteiger partial charge in [-0.2, -0.15) is 0 Å². The van der Waals surface area contributed by atoms with Crippen LogP contribution in [-0.2, 0) is 0 Å². The molecule has 1 aromatic carbocycles. The van der Waals surface area contributed by atoms with Gasteiger partial charge in [0.2, 0.25) is 0 Å². The van der Waals surface area contributed by atoms with Gasteiger partial charge in [-0.3, -0.25) is 0 Å². The van der Waals surface area contributed by atoms with Crippen LogP contribution in [0.4, 0.5) is 11.4 Å². The molecule has 1 heterocycles. The van der Waals surface area contributed by atoms with Crippen molar-refractivity contribution in [2.75, 3.05) is 24.3 Å². The van der Waals surface area contributed by atoms with Gasteiger partial charge >= 0.3 is 0 Å². The Labute approximate surface area is 112 Å². The van der Waals surface area contributed by atoms with E-state index in [0.29, 0.717) is 11.3 Å². The van der Waals surface area contributed by atoms with Gasteiger partial charge in [-0.15, -0.1) is 11.8 Å². The van der Waals surface area contributed by atoms with Gasteiger partial charge in [-0.05, 0) is 37.5 Å². The van der Waals surface area contributed by atoms with Gasteiger partial charge in [0.05, 0.1) is 0 Å². The second kappa shape index (κ2) is 4.50. The molecule has 0 bridgehead atoms. The van der Waals surface area contributed by atoms with Crippen LogP contribution in [0.5, 0.6) is 0 Å². The highest BCUT2D eigenvalue weighted by Crippen LogP contribution is 2.43. The van der Waals surface area contributed by atoms with Crippen LogP contribution in [-0.4, -0.2) is 31.1 Å². The number of hydrogen-bond acceptors (Lipinski definition) is 4. The number of nitrogens with one attached hydrogen (secondary N) is 2. The fourth-order valence-corrected chi connectivity index (χ4v) is 4.08. The van der Waals surface area contributed by atoms with E-state index in [1.54, 1.807) is 0 Å². The zero-order valence-corrected chi connectivity index (χ0v) is 11.7. The van der Waals surface area contributed by atoms with Crippen molar-refractivity contribution in [2.24, 2.45) is 0 Å². The van der Waals surface area contributed by atoms with Crippen LogP contribution in [0.3, 0.4) is 0 Å². The van der Waals surface area contributed by atoms with Gasteiger partial charge in [0.1, 0.15) is 0 Å². The fourth-order valence-electron chi connectivity index (χ4n) is 2.66. The van der Waals surface area contributed by atoms with Crippen molar-refractivity contribution in [1.82, 2.24) is 0 Å². The smallest absolute Gasteiger partial charge is 0.0482 e. The molecule has 0 radical (unpaired) electrons. The van der Waals surface area contributed by atoms with Crippen molar-refractivity contribution >= 4 is 28.8 Å². The highest BCUT2D eigenvalue weighted by Gasteiger charge is 2.32. The molecule has 1 aromatic rings. The Bertz CT molecular complexity index is 484. The molecule has 1 fully saturated rings. The van der Waals surface area contributed by atoms with E-state index in [0.717, 1.165) is 25.0 Å². The topological polar surface area (TPSA) is 39.1 Å². The SMILES string of the molecule is CN(C)c1ccc2c(c1)S[C@@H]1CC(=N)CC[C@@H]1N2. The molecule has 3 rings (SSSR count). The maximum Gasteiger partial charge on any atom is 0.0482 e. The maximum atomic E-state index is 7.86. The molecule has 1 aliphatic carbocycles. The van der Waals surface area contributed by atoms with Crippen LogP contribution in [0.1, 0.15) is 19.3 Å². The first-order valence-corrected chi connectivity index (χ1v) is 7.32. The first-order valence-electron chi connectivity index (χ1n) is 6.44. The van der Waals surface area contributed by atoms with Crippen LogP contribution < -0.4 is 10.2 Å². The minimum atomic E-state index is 0.538. The molecule has 0 aromatic heterocycles. The molecule has 0 unspecified atom stereocenters. The summed E-state index contributed by atoms with van der Waals surface area (Å²) in [7, 11) is 4.14. The average Bonchev–Trinajstić information content (AvgIpc) is 2.35. The molecule has 2 aliphatic rings. The summed E-state index contributed by atoms with van der Waals surface area (Å²) in [5, 5.41) is 12.0. The highest BCUT2D eigenvalue weighted by atomic mass is 32.2. The number of fused-ring (bicyclic) bond motifs is 2. The Balaban J connectivity index is 1.89. The highest BCUT2D eigenvalue weighted by molar-refractivity contribution is 8.00. The van der Waals surface area contributed by atoms with Crippen LogP contribution in [0.25, 0.3) is 0 Å². The molecule has 1 aliphatic heterocycles. The summed E-state index contributed by atoms with van der Waals surface area (Å²) >= 11 is 1.95. The molecule has 3 nitrogen and oxygen atoms in total. The summed E-state index contributed by atoms with van der Waals surface area (Å²) in [5.41, 5.74) is 3.42. The number of anilines is 2. The first kappa shape index (κ1) is 11.9. The van der Waals surface area contributed by atoms with E-state index in [1.165, 1.54) is 16.3 Å². The quantitative estimate of drug-likeness (QED) is 0.815. The molecular formula is C14H19N3S. The van der Waals surface area contributed by atoms with Crippen molar-refractivity contribution in [2.45, 2.75) is 35.4 Å². The Morgan fingerprint density at radius 2 is 2.22 bits per heavy atom. The standard InChI is InChI=1S/C14H19N3S/c1-17(2)10-4-6-12-14(8-10)18-13-7-9(15)3-5-11(13)16-12/h4,6,8,11,13,15-16H,3,5,7H2,1-2H3/t11-,13+/m0/s1. The third kappa shape index (κ3) is 2.09. The average molecular weight is 261 g/mol. The monoisotopic (exact) mass is 261 g/mol. The van der Waals surface area contributed by atoms with Gasteiger partial charge in [-0.1, -0.05) is 0 Å². The predicted molar refractivity (Wildman–Crippen MR) is 79.4 cm³/mol. The lowest BCUT2D eigenvalue weighted by Crippen LogP contribution is -2.39. The van der Waals surface area contributed by atoms with Crippen LogP contribution in [0, 0.1) is 5.41 Å². The van der Waals surface area contributed by atoms with Gasteiger partial charge < -0.3 is 15.6 Å². The van der Waals surface area contributed by atoms with E-state index in [2.05, 4.69) is 42.5 Å². The van der Waals surface area contributed by atoms with Gasteiger partial charge in [-0.25, -0.2) is 0 Å². The van der Waals surface area contributed by atoms with E-state index >= 15 is 0 Å². The van der Waals surface area contributed by atoms with Crippen LogP contribution >= 0.6 is 11.8 Å². The molecule has 0 saturated heterocycles. The molecule has 18 heavy (non-hydrogen) atoms. The second-order valence-electron chi connectivity index (χ2n) is 5.33. The molecule has 0 spiro atoms. The Morgan fingerprint density at radius 3 is 3.00 bits per heavy atom. The lowest BCUT2D eigenvalue weighted by molar-refractivity contribution is 0.597. The van der Waals surface area contributed by atoms with Crippen LogP contribution in [0.2, 0.25) is 0 Å². The maximum absolute atomic E-state index is 7.86. The zero-order valence-electron chi connectivity index (χ0n) is 10.9. The minimum absolute atomic E-state index is 0.538.